The van der Waals surface area contributed by atoms with Crippen LogP contribution in [0.5, 0.6) is 0 Å². The minimum atomic E-state index is -3.84. The van der Waals surface area contributed by atoms with Crippen LogP contribution in [-0.4, -0.2) is 50.5 Å². The van der Waals surface area contributed by atoms with E-state index in [2.05, 4.69) is 12.3 Å². The first-order chi connectivity index (χ1) is 12.8. The molecule has 0 bridgehead atoms. The van der Waals surface area contributed by atoms with Crippen molar-refractivity contribution < 1.29 is 17.6 Å². The van der Waals surface area contributed by atoms with Crippen LogP contribution in [0.25, 0.3) is 0 Å². The van der Waals surface area contributed by atoms with Crippen molar-refractivity contribution in [3.8, 4) is 0 Å². The molecule has 0 aromatic heterocycles. The van der Waals surface area contributed by atoms with Crippen molar-refractivity contribution in [3.63, 3.8) is 0 Å². The van der Waals surface area contributed by atoms with Gasteiger partial charge in [0.1, 0.15) is 0 Å². The molecule has 0 radical (unpaired) electrons. The SMILES string of the molecule is CCCCCCCCCCCCCCCCN[N+](C)(C)CCCS(=O)(=O)O. The van der Waals surface area contributed by atoms with E-state index in [0.717, 1.165) is 13.0 Å². The van der Waals surface area contributed by atoms with E-state index in [0.29, 0.717) is 17.6 Å². The summed E-state index contributed by atoms with van der Waals surface area (Å²) in [6.07, 6.45) is 19.6. The minimum absolute atomic E-state index is 0.158. The first-order valence-corrected chi connectivity index (χ1v) is 12.9. The first kappa shape index (κ1) is 26.8. The molecule has 0 atom stereocenters. The molecule has 0 unspecified atom stereocenters. The van der Waals surface area contributed by atoms with Crippen LogP contribution in [0.3, 0.4) is 0 Å². The summed E-state index contributed by atoms with van der Waals surface area (Å²) in [6, 6.07) is 0. The third-order valence-electron chi connectivity index (χ3n) is 5.19. The summed E-state index contributed by atoms with van der Waals surface area (Å²) in [5, 5.41) is 0. The Morgan fingerprint density at radius 1 is 0.704 bits per heavy atom. The van der Waals surface area contributed by atoms with Crippen molar-refractivity contribution >= 4 is 10.1 Å². The molecule has 6 heteroatoms. The van der Waals surface area contributed by atoms with Crippen molar-refractivity contribution in [1.29, 1.82) is 0 Å². The molecule has 27 heavy (non-hydrogen) atoms. The third kappa shape index (κ3) is 22.0. The number of hydrogen-bond donors (Lipinski definition) is 2. The Hall–Kier alpha value is -0.170. The Morgan fingerprint density at radius 3 is 1.52 bits per heavy atom. The monoisotopic (exact) mass is 407 g/mol. The largest absolute Gasteiger partial charge is 0.286 e. The van der Waals surface area contributed by atoms with Crippen LogP contribution >= 0.6 is 0 Å². The number of nitrogens with one attached hydrogen (secondary N) is 1. The zero-order valence-electron chi connectivity index (χ0n) is 18.3. The smallest absolute Gasteiger partial charge is 0.265 e. The molecule has 0 saturated carbocycles. The Balaban J connectivity index is 3.32. The van der Waals surface area contributed by atoms with Crippen LogP contribution in [-0.2, 0) is 10.1 Å². The summed E-state index contributed by atoms with van der Waals surface area (Å²) in [5.74, 6) is -0.158. The number of hydrogen-bond acceptors (Lipinski definition) is 3. The molecule has 0 aromatic rings. The van der Waals surface area contributed by atoms with Gasteiger partial charge in [-0.05, 0) is 6.42 Å². The lowest BCUT2D eigenvalue weighted by molar-refractivity contribution is -0.934. The topological polar surface area (TPSA) is 66.4 Å². The average molecular weight is 408 g/mol. The molecular weight excluding hydrogens is 360 g/mol. The molecule has 0 saturated heterocycles. The summed E-state index contributed by atoms with van der Waals surface area (Å²) in [4.78, 5) is 0. The van der Waals surface area contributed by atoms with Crippen LogP contribution in [0.1, 0.15) is 103 Å². The van der Waals surface area contributed by atoms with Crippen molar-refractivity contribution in [2.24, 2.45) is 0 Å². The summed E-state index contributed by atoms with van der Waals surface area (Å²) >= 11 is 0. The molecule has 164 valence electrons. The van der Waals surface area contributed by atoms with Gasteiger partial charge < -0.3 is 0 Å². The van der Waals surface area contributed by atoms with Crippen molar-refractivity contribution in [2.75, 3.05) is 32.9 Å². The summed E-state index contributed by atoms with van der Waals surface area (Å²) in [7, 11) is 0.236. The van der Waals surface area contributed by atoms with E-state index >= 15 is 0 Å². The summed E-state index contributed by atoms with van der Waals surface area (Å²) < 4.78 is 30.9. The molecule has 0 rings (SSSR count). The molecule has 0 spiro atoms. The fourth-order valence-corrected chi connectivity index (χ4v) is 3.92. The molecular formula is C21H47N2O3S+. The van der Waals surface area contributed by atoms with E-state index in [1.807, 2.05) is 14.1 Å². The van der Waals surface area contributed by atoms with Gasteiger partial charge in [0.2, 0.25) is 0 Å². The Morgan fingerprint density at radius 2 is 1.11 bits per heavy atom. The number of quaternary nitrogens is 1. The highest BCUT2D eigenvalue weighted by atomic mass is 32.2. The maximum Gasteiger partial charge on any atom is 0.265 e. The second-order valence-corrected chi connectivity index (χ2v) is 10.1. The second kappa shape index (κ2) is 16.8. The minimum Gasteiger partial charge on any atom is -0.286 e. The first-order valence-electron chi connectivity index (χ1n) is 11.3. The van der Waals surface area contributed by atoms with Gasteiger partial charge in [0.05, 0.1) is 26.4 Å². The van der Waals surface area contributed by atoms with Crippen molar-refractivity contribution in [2.45, 2.75) is 103 Å². The standard InChI is InChI=1S/C21H46N2O3S/c1-4-5-6-7-8-9-10-11-12-13-14-15-16-17-19-22-23(2,3)20-18-21-27(24,25)26/h22H,4-21H2,1-3H3/p+1. The quantitative estimate of drug-likeness (QED) is 0.124. The highest BCUT2D eigenvalue weighted by Crippen LogP contribution is 2.12. The van der Waals surface area contributed by atoms with E-state index in [1.54, 1.807) is 0 Å². The fraction of sp³-hybridized carbons (Fsp3) is 1.00. The van der Waals surface area contributed by atoms with E-state index in [4.69, 9.17) is 4.55 Å². The molecule has 5 nitrogen and oxygen atoms in total. The van der Waals surface area contributed by atoms with Crippen molar-refractivity contribution in [1.82, 2.24) is 5.43 Å². The fourth-order valence-electron chi connectivity index (χ4n) is 3.42. The van der Waals surface area contributed by atoms with Gasteiger partial charge in [-0.1, -0.05) is 90.4 Å². The van der Waals surface area contributed by atoms with Gasteiger partial charge >= 0.3 is 0 Å². The average Bonchev–Trinajstić information content (AvgIpc) is 2.57. The molecule has 2 N–H and O–H groups in total. The molecule has 0 aliphatic heterocycles. The Kier molecular flexibility index (Phi) is 16.6. The maximum absolute atomic E-state index is 10.8. The molecule has 0 aromatic carbocycles. The van der Waals surface area contributed by atoms with Crippen LogP contribution in [0.4, 0.5) is 0 Å². The van der Waals surface area contributed by atoms with E-state index in [1.165, 1.54) is 83.5 Å². The van der Waals surface area contributed by atoms with Gasteiger partial charge in [-0.3, -0.25) is 9.14 Å². The van der Waals surface area contributed by atoms with Gasteiger partial charge in [-0.25, -0.2) is 0 Å². The van der Waals surface area contributed by atoms with E-state index in [-0.39, 0.29) is 5.75 Å². The zero-order valence-corrected chi connectivity index (χ0v) is 19.2. The third-order valence-corrected chi connectivity index (χ3v) is 5.99. The van der Waals surface area contributed by atoms with Gasteiger partial charge in [-0.15, -0.1) is 0 Å². The van der Waals surface area contributed by atoms with E-state index in [9.17, 15) is 8.42 Å². The number of rotatable bonds is 20. The molecule has 0 aliphatic carbocycles. The predicted octanol–water partition coefficient (Wildman–Crippen LogP) is 5.33. The van der Waals surface area contributed by atoms with Crippen LogP contribution in [0.2, 0.25) is 0 Å². The predicted molar refractivity (Wildman–Crippen MR) is 116 cm³/mol. The lowest BCUT2D eigenvalue weighted by Gasteiger charge is -2.29. The lowest BCUT2D eigenvalue weighted by atomic mass is 10.0. The van der Waals surface area contributed by atoms with Gasteiger partial charge in [0.15, 0.2) is 0 Å². The van der Waals surface area contributed by atoms with E-state index < -0.39 is 10.1 Å². The second-order valence-electron chi connectivity index (χ2n) is 8.55. The van der Waals surface area contributed by atoms with Crippen LogP contribution < -0.4 is 5.43 Å². The summed E-state index contributed by atoms with van der Waals surface area (Å²) in [5.41, 5.74) is 3.45. The molecule has 0 amide bonds. The van der Waals surface area contributed by atoms with Crippen LogP contribution in [0, 0.1) is 0 Å². The number of unbranched alkanes of at least 4 members (excludes halogenated alkanes) is 13. The van der Waals surface area contributed by atoms with Gasteiger partial charge in [-0.2, -0.15) is 13.8 Å². The molecule has 0 fully saturated rings. The summed E-state index contributed by atoms with van der Waals surface area (Å²) in [6.45, 7) is 3.92. The Labute approximate surface area is 169 Å². The van der Waals surface area contributed by atoms with Gasteiger partial charge in [0.25, 0.3) is 10.1 Å². The number of nitrogens with zero attached hydrogens (tertiary/aromatic N) is 1. The zero-order chi connectivity index (χ0) is 20.4. The maximum atomic E-state index is 10.8. The molecule has 0 heterocycles. The van der Waals surface area contributed by atoms with Crippen LogP contribution in [0.15, 0.2) is 0 Å². The highest BCUT2D eigenvalue weighted by Gasteiger charge is 2.16. The van der Waals surface area contributed by atoms with Gasteiger partial charge in [0, 0.05) is 13.0 Å². The Bertz CT molecular complexity index is 425. The van der Waals surface area contributed by atoms with Crippen molar-refractivity contribution in [3.05, 3.63) is 0 Å². The highest BCUT2D eigenvalue weighted by molar-refractivity contribution is 7.85. The normalized spacial score (nSPS) is 12.6. The lowest BCUT2D eigenvalue weighted by Crippen LogP contribution is -2.52. The molecule has 0 aliphatic rings.